The Morgan fingerprint density at radius 1 is 1.07 bits per heavy atom. The van der Waals surface area contributed by atoms with E-state index in [1.807, 2.05) is 12.1 Å². The van der Waals surface area contributed by atoms with Crippen molar-refractivity contribution in [3.63, 3.8) is 0 Å². The number of nitrogens with zero attached hydrogens (tertiary/aromatic N) is 1. The number of halogens is 1. The quantitative estimate of drug-likeness (QED) is 0.812. The van der Waals surface area contributed by atoms with Gasteiger partial charge in [-0.25, -0.2) is 4.39 Å². The van der Waals surface area contributed by atoms with Crippen LogP contribution in [-0.2, 0) is 6.61 Å². The third-order valence-electron chi connectivity index (χ3n) is 2.11. The maximum Gasteiger partial charge on any atom is 0.123 e. The molecule has 15 heavy (non-hydrogen) atoms. The van der Waals surface area contributed by atoms with Crippen LogP contribution >= 0.6 is 0 Å². The second-order valence-electron chi connectivity index (χ2n) is 3.18. The Labute approximate surface area is 87.0 Å². The molecule has 1 aromatic heterocycles. The molecule has 1 N–H and O–H groups in total. The average Bonchev–Trinajstić information content (AvgIpc) is 2.30. The van der Waals surface area contributed by atoms with Crippen molar-refractivity contribution in [2.45, 2.75) is 6.61 Å². The molecule has 0 unspecified atom stereocenters. The van der Waals surface area contributed by atoms with Crippen molar-refractivity contribution < 1.29 is 9.50 Å². The summed E-state index contributed by atoms with van der Waals surface area (Å²) < 4.78 is 12.7. The lowest BCUT2D eigenvalue weighted by molar-refractivity contribution is 0.277. The molecule has 2 aromatic rings. The van der Waals surface area contributed by atoms with E-state index >= 15 is 0 Å². The fraction of sp³-hybridized carbons (Fsp3) is 0.0833. The lowest BCUT2D eigenvalue weighted by Gasteiger charge is -2.02. The molecule has 0 aliphatic rings. The average molecular weight is 203 g/mol. The first-order chi connectivity index (χ1) is 7.29. The number of benzene rings is 1. The van der Waals surface area contributed by atoms with Crippen LogP contribution in [0.2, 0.25) is 0 Å². The SMILES string of the molecule is OCc1cccc(-c2ccc(F)cc2)n1. The summed E-state index contributed by atoms with van der Waals surface area (Å²) in [6.45, 7) is -0.0883. The number of pyridine rings is 1. The first-order valence-corrected chi connectivity index (χ1v) is 4.62. The van der Waals surface area contributed by atoms with Gasteiger partial charge in [0.1, 0.15) is 5.82 Å². The van der Waals surface area contributed by atoms with Gasteiger partial charge >= 0.3 is 0 Å². The van der Waals surface area contributed by atoms with Crippen LogP contribution in [0.3, 0.4) is 0 Å². The molecule has 0 bridgehead atoms. The summed E-state index contributed by atoms with van der Waals surface area (Å²) in [5.74, 6) is -0.267. The van der Waals surface area contributed by atoms with Gasteiger partial charge in [0.15, 0.2) is 0 Å². The van der Waals surface area contributed by atoms with E-state index in [2.05, 4.69) is 4.98 Å². The van der Waals surface area contributed by atoms with E-state index in [0.717, 1.165) is 11.3 Å². The van der Waals surface area contributed by atoms with Gasteiger partial charge in [-0.15, -0.1) is 0 Å². The van der Waals surface area contributed by atoms with Crippen molar-refractivity contribution in [3.8, 4) is 11.3 Å². The molecule has 0 spiro atoms. The van der Waals surface area contributed by atoms with Crippen LogP contribution in [0.4, 0.5) is 4.39 Å². The monoisotopic (exact) mass is 203 g/mol. The Balaban J connectivity index is 2.40. The molecule has 0 amide bonds. The minimum absolute atomic E-state index is 0.0883. The highest BCUT2D eigenvalue weighted by atomic mass is 19.1. The Hall–Kier alpha value is -1.74. The van der Waals surface area contributed by atoms with Crippen molar-refractivity contribution in [1.82, 2.24) is 4.98 Å². The van der Waals surface area contributed by atoms with Crippen LogP contribution in [-0.4, -0.2) is 10.1 Å². The maximum absolute atomic E-state index is 12.7. The molecule has 1 aromatic carbocycles. The van der Waals surface area contributed by atoms with Gasteiger partial charge in [0.2, 0.25) is 0 Å². The van der Waals surface area contributed by atoms with Crippen molar-refractivity contribution in [2.24, 2.45) is 0 Å². The Morgan fingerprint density at radius 2 is 1.80 bits per heavy atom. The van der Waals surface area contributed by atoms with E-state index in [4.69, 9.17) is 5.11 Å². The molecule has 0 aliphatic carbocycles. The van der Waals surface area contributed by atoms with E-state index in [1.54, 1.807) is 18.2 Å². The lowest BCUT2D eigenvalue weighted by Crippen LogP contribution is -1.91. The van der Waals surface area contributed by atoms with E-state index in [-0.39, 0.29) is 12.4 Å². The molecule has 76 valence electrons. The van der Waals surface area contributed by atoms with E-state index in [9.17, 15) is 4.39 Å². The molecule has 2 rings (SSSR count). The van der Waals surface area contributed by atoms with Gasteiger partial charge in [-0.1, -0.05) is 6.07 Å². The summed E-state index contributed by atoms with van der Waals surface area (Å²) in [7, 11) is 0. The molecule has 0 atom stereocenters. The second kappa shape index (κ2) is 4.19. The number of aromatic nitrogens is 1. The molecule has 0 saturated carbocycles. The van der Waals surface area contributed by atoms with Gasteiger partial charge in [0.05, 0.1) is 18.0 Å². The molecule has 0 radical (unpaired) electrons. The van der Waals surface area contributed by atoms with E-state index < -0.39 is 0 Å². The van der Waals surface area contributed by atoms with E-state index in [0.29, 0.717) is 5.69 Å². The summed E-state index contributed by atoms with van der Waals surface area (Å²) >= 11 is 0. The number of hydrogen-bond acceptors (Lipinski definition) is 2. The molecular weight excluding hydrogens is 193 g/mol. The largest absolute Gasteiger partial charge is 0.390 e. The minimum Gasteiger partial charge on any atom is -0.390 e. The van der Waals surface area contributed by atoms with Crippen LogP contribution in [0.25, 0.3) is 11.3 Å². The highest BCUT2D eigenvalue weighted by molar-refractivity contribution is 5.58. The third kappa shape index (κ3) is 2.19. The van der Waals surface area contributed by atoms with Gasteiger partial charge < -0.3 is 5.11 Å². The minimum atomic E-state index is -0.267. The number of hydrogen-bond donors (Lipinski definition) is 1. The highest BCUT2D eigenvalue weighted by Crippen LogP contribution is 2.17. The smallest absolute Gasteiger partial charge is 0.123 e. The second-order valence-corrected chi connectivity index (χ2v) is 3.18. The molecular formula is C12H10FNO. The third-order valence-corrected chi connectivity index (χ3v) is 2.11. The summed E-state index contributed by atoms with van der Waals surface area (Å²) in [5.41, 5.74) is 2.19. The Bertz CT molecular complexity index is 453. The maximum atomic E-state index is 12.7. The van der Waals surface area contributed by atoms with Gasteiger partial charge in [-0.2, -0.15) is 0 Å². The zero-order chi connectivity index (χ0) is 10.7. The molecule has 0 aliphatic heterocycles. The molecule has 0 fully saturated rings. The predicted octanol–water partition coefficient (Wildman–Crippen LogP) is 2.38. The topological polar surface area (TPSA) is 33.1 Å². The van der Waals surface area contributed by atoms with Crippen LogP contribution in [0.1, 0.15) is 5.69 Å². The highest BCUT2D eigenvalue weighted by Gasteiger charge is 2.00. The van der Waals surface area contributed by atoms with Gasteiger partial charge in [0.25, 0.3) is 0 Å². The first kappa shape index (κ1) is 9.80. The van der Waals surface area contributed by atoms with Crippen LogP contribution in [0, 0.1) is 5.82 Å². The number of aliphatic hydroxyl groups is 1. The first-order valence-electron chi connectivity index (χ1n) is 4.62. The standard InChI is InChI=1S/C12H10FNO/c13-10-6-4-9(5-7-10)12-3-1-2-11(8-15)14-12/h1-7,15H,8H2. The molecule has 2 nitrogen and oxygen atoms in total. The lowest BCUT2D eigenvalue weighted by atomic mass is 10.1. The van der Waals surface area contributed by atoms with Crippen molar-refractivity contribution in [2.75, 3.05) is 0 Å². The Kier molecular flexibility index (Phi) is 2.74. The summed E-state index contributed by atoms with van der Waals surface area (Å²) in [6, 6.07) is 11.5. The zero-order valence-electron chi connectivity index (χ0n) is 8.02. The Morgan fingerprint density at radius 3 is 2.47 bits per heavy atom. The van der Waals surface area contributed by atoms with Gasteiger partial charge in [-0.3, -0.25) is 4.98 Å². The normalized spacial score (nSPS) is 10.3. The van der Waals surface area contributed by atoms with Crippen LogP contribution in [0.5, 0.6) is 0 Å². The number of aliphatic hydroxyl groups excluding tert-OH is 1. The fourth-order valence-corrected chi connectivity index (χ4v) is 1.35. The van der Waals surface area contributed by atoms with Gasteiger partial charge in [0, 0.05) is 5.56 Å². The molecule has 3 heteroatoms. The van der Waals surface area contributed by atoms with Crippen LogP contribution < -0.4 is 0 Å². The van der Waals surface area contributed by atoms with E-state index in [1.165, 1.54) is 12.1 Å². The van der Waals surface area contributed by atoms with Crippen molar-refractivity contribution in [3.05, 3.63) is 54.0 Å². The van der Waals surface area contributed by atoms with Gasteiger partial charge in [-0.05, 0) is 36.4 Å². The fourth-order valence-electron chi connectivity index (χ4n) is 1.35. The summed E-state index contributed by atoms with van der Waals surface area (Å²) in [5, 5.41) is 8.93. The molecule has 0 saturated heterocycles. The molecule has 1 heterocycles. The predicted molar refractivity (Wildman–Crippen MR) is 55.6 cm³/mol. The van der Waals surface area contributed by atoms with Crippen molar-refractivity contribution >= 4 is 0 Å². The number of rotatable bonds is 2. The summed E-state index contributed by atoms with van der Waals surface area (Å²) in [4.78, 5) is 4.22. The zero-order valence-corrected chi connectivity index (χ0v) is 8.02. The van der Waals surface area contributed by atoms with Crippen LogP contribution in [0.15, 0.2) is 42.5 Å². The van der Waals surface area contributed by atoms with Crippen molar-refractivity contribution in [1.29, 1.82) is 0 Å². The summed E-state index contributed by atoms with van der Waals surface area (Å²) in [6.07, 6.45) is 0.